The third kappa shape index (κ3) is 5.24. The zero-order valence-corrected chi connectivity index (χ0v) is 23.2. The number of carbonyl (C=O) groups excluding carboxylic acids is 1. The Morgan fingerprint density at radius 2 is 1.83 bits per heavy atom. The largest absolute Gasteiger partial charge is 0.365 e. The maximum atomic E-state index is 14.4. The van der Waals surface area contributed by atoms with Gasteiger partial charge < -0.3 is 20.0 Å². The van der Waals surface area contributed by atoms with Crippen molar-refractivity contribution in [1.82, 2.24) is 39.1 Å². The van der Waals surface area contributed by atoms with Gasteiger partial charge in [-0.3, -0.25) is 14.4 Å². The van der Waals surface area contributed by atoms with Crippen LogP contribution < -0.4 is 10.2 Å². The summed E-state index contributed by atoms with van der Waals surface area (Å²) >= 11 is 0. The molecule has 7 rings (SSSR count). The Bertz CT molecular complexity index is 1530. The summed E-state index contributed by atoms with van der Waals surface area (Å²) in [6.07, 6.45) is 7.63. The maximum absolute atomic E-state index is 14.4. The van der Waals surface area contributed by atoms with Gasteiger partial charge in [0.25, 0.3) is 0 Å². The van der Waals surface area contributed by atoms with E-state index in [0.717, 1.165) is 74.7 Å². The molecular formula is C29H35FN10O. The molecule has 3 aliphatic rings. The Morgan fingerprint density at radius 3 is 2.61 bits per heavy atom. The van der Waals surface area contributed by atoms with E-state index in [1.807, 2.05) is 35.5 Å². The molecule has 4 aromatic rings. The molecule has 1 aromatic carbocycles. The molecule has 3 aliphatic heterocycles. The molecule has 0 unspecified atom stereocenters. The van der Waals surface area contributed by atoms with Gasteiger partial charge in [-0.1, -0.05) is 18.2 Å². The number of pyridine rings is 1. The van der Waals surface area contributed by atoms with Crippen LogP contribution in [0.3, 0.4) is 0 Å². The van der Waals surface area contributed by atoms with Gasteiger partial charge in [-0.15, -0.1) is 5.10 Å². The van der Waals surface area contributed by atoms with Gasteiger partial charge in [0.05, 0.1) is 17.6 Å². The summed E-state index contributed by atoms with van der Waals surface area (Å²) < 4.78 is 17.8. The molecule has 6 heterocycles. The molecule has 3 fully saturated rings. The Balaban J connectivity index is 1.03. The van der Waals surface area contributed by atoms with E-state index >= 15 is 0 Å². The summed E-state index contributed by atoms with van der Waals surface area (Å²) in [5, 5.41) is 12.3. The fraction of sp³-hybridized carbons (Fsp3) is 0.448. The van der Waals surface area contributed by atoms with E-state index in [-0.39, 0.29) is 18.3 Å². The van der Waals surface area contributed by atoms with E-state index in [2.05, 4.69) is 43.3 Å². The monoisotopic (exact) mass is 558 g/mol. The Kier molecular flexibility index (Phi) is 6.79. The molecule has 214 valence electrons. The molecule has 2 bridgehead atoms. The van der Waals surface area contributed by atoms with Gasteiger partial charge >= 0.3 is 0 Å². The number of piperazine rings is 2. The van der Waals surface area contributed by atoms with Gasteiger partial charge in [0.1, 0.15) is 12.4 Å². The van der Waals surface area contributed by atoms with Gasteiger partial charge in [0.15, 0.2) is 5.65 Å². The third-order valence-corrected chi connectivity index (χ3v) is 8.67. The summed E-state index contributed by atoms with van der Waals surface area (Å²) in [4.78, 5) is 26.5. The SMILES string of the molecule is CN1CCN(C(=O)Cn2cc(Nc3nc4c(N5C[C@H]6CC[C@@H](C5)N6Cc5ccccc5F)cccn4n3)cn2)CC1. The summed E-state index contributed by atoms with van der Waals surface area (Å²) in [7, 11) is 2.07. The van der Waals surface area contributed by atoms with Crippen LogP contribution in [-0.2, 0) is 17.9 Å². The molecule has 11 nitrogen and oxygen atoms in total. The van der Waals surface area contributed by atoms with Crippen molar-refractivity contribution in [1.29, 1.82) is 0 Å². The van der Waals surface area contributed by atoms with E-state index in [1.54, 1.807) is 27.5 Å². The highest BCUT2D eigenvalue weighted by molar-refractivity contribution is 5.76. The minimum atomic E-state index is -0.130. The Morgan fingerprint density at radius 1 is 1.05 bits per heavy atom. The van der Waals surface area contributed by atoms with Crippen molar-refractivity contribution in [2.24, 2.45) is 0 Å². The second-order valence-corrected chi connectivity index (χ2v) is 11.4. The second-order valence-electron chi connectivity index (χ2n) is 11.4. The van der Waals surface area contributed by atoms with Crippen LogP contribution in [-0.4, -0.2) is 103 Å². The van der Waals surface area contributed by atoms with Crippen LogP contribution in [0.1, 0.15) is 18.4 Å². The third-order valence-electron chi connectivity index (χ3n) is 8.67. The second kappa shape index (κ2) is 10.7. The first-order valence-corrected chi connectivity index (χ1v) is 14.4. The molecule has 0 radical (unpaired) electrons. The van der Waals surface area contributed by atoms with Gasteiger partial charge in [-0.05, 0) is 38.1 Å². The Hall–Kier alpha value is -4.03. The lowest BCUT2D eigenvalue weighted by atomic mass is 10.1. The number of likely N-dealkylation sites (N-methyl/N-ethyl adjacent to an activating group) is 1. The lowest BCUT2D eigenvalue weighted by Gasteiger charge is -2.42. The van der Waals surface area contributed by atoms with Gasteiger partial charge in [0.2, 0.25) is 11.9 Å². The molecule has 3 saturated heterocycles. The van der Waals surface area contributed by atoms with Crippen molar-refractivity contribution in [3.63, 3.8) is 0 Å². The molecule has 12 heteroatoms. The number of nitrogens with zero attached hydrogens (tertiary/aromatic N) is 9. The van der Waals surface area contributed by atoms with Crippen LogP contribution in [0.25, 0.3) is 5.65 Å². The van der Waals surface area contributed by atoms with Crippen molar-refractivity contribution >= 4 is 28.9 Å². The van der Waals surface area contributed by atoms with Crippen molar-refractivity contribution in [3.8, 4) is 0 Å². The number of carbonyl (C=O) groups is 1. The predicted octanol–water partition coefficient (Wildman–Crippen LogP) is 2.44. The van der Waals surface area contributed by atoms with Crippen molar-refractivity contribution in [3.05, 3.63) is 66.4 Å². The highest BCUT2D eigenvalue weighted by atomic mass is 19.1. The number of amides is 1. The maximum Gasteiger partial charge on any atom is 0.247 e. The smallest absolute Gasteiger partial charge is 0.247 e. The van der Waals surface area contributed by atoms with Crippen molar-refractivity contribution in [2.45, 2.75) is 38.0 Å². The minimum absolute atomic E-state index is 0.0752. The van der Waals surface area contributed by atoms with Crippen LogP contribution in [0.15, 0.2) is 55.0 Å². The molecule has 0 spiro atoms. The van der Waals surface area contributed by atoms with Gasteiger partial charge in [-0.2, -0.15) is 10.1 Å². The van der Waals surface area contributed by atoms with Crippen LogP contribution in [0.4, 0.5) is 21.7 Å². The first-order chi connectivity index (χ1) is 20.0. The van der Waals surface area contributed by atoms with Crippen LogP contribution in [0.2, 0.25) is 0 Å². The normalized spacial score (nSPS) is 21.6. The van der Waals surface area contributed by atoms with Crippen molar-refractivity contribution < 1.29 is 9.18 Å². The molecular weight excluding hydrogens is 523 g/mol. The number of rotatable bonds is 7. The van der Waals surface area contributed by atoms with Crippen LogP contribution in [0.5, 0.6) is 0 Å². The highest BCUT2D eigenvalue weighted by Gasteiger charge is 2.40. The lowest BCUT2D eigenvalue weighted by Crippen LogP contribution is -2.53. The quantitative estimate of drug-likeness (QED) is 0.370. The number of benzene rings is 1. The number of hydrogen-bond acceptors (Lipinski definition) is 8. The van der Waals surface area contributed by atoms with Gasteiger partial charge in [-0.25, -0.2) is 8.91 Å². The number of halogens is 1. The topological polar surface area (TPSA) is 90.1 Å². The first-order valence-electron chi connectivity index (χ1n) is 14.4. The van der Waals surface area contributed by atoms with E-state index in [0.29, 0.717) is 24.6 Å². The van der Waals surface area contributed by atoms with E-state index in [1.165, 1.54) is 0 Å². The van der Waals surface area contributed by atoms with Crippen molar-refractivity contribution in [2.75, 3.05) is 56.5 Å². The molecule has 2 atom stereocenters. The number of nitrogens with one attached hydrogen (secondary N) is 1. The fourth-order valence-corrected chi connectivity index (χ4v) is 6.40. The molecule has 41 heavy (non-hydrogen) atoms. The zero-order chi connectivity index (χ0) is 27.9. The fourth-order valence-electron chi connectivity index (χ4n) is 6.40. The molecule has 3 aromatic heterocycles. The van der Waals surface area contributed by atoms with Crippen LogP contribution >= 0.6 is 0 Å². The molecule has 0 saturated carbocycles. The summed E-state index contributed by atoms with van der Waals surface area (Å²) in [6, 6.07) is 11.9. The average Bonchev–Trinajstić information content (AvgIpc) is 3.65. The van der Waals surface area contributed by atoms with E-state index < -0.39 is 0 Å². The standard InChI is InChI=1S/C29H35FN10O/c1-35-11-13-36(14-12-35)27(41)20-38-17-22(15-31-38)32-29-33-28-26(7-4-10-40(28)34-29)37-18-23-8-9-24(19-37)39(23)16-21-5-2-3-6-25(21)30/h2-7,10,15,17,23-24H,8-9,11-14,16,18-20H2,1H3,(H,32,34)/t23-,24+. The number of aromatic nitrogens is 5. The number of hydrogen-bond donors (Lipinski definition) is 1. The predicted molar refractivity (Wildman–Crippen MR) is 154 cm³/mol. The zero-order valence-electron chi connectivity index (χ0n) is 23.2. The first kappa shape index (κ1) is 25.9. The minimum Gasteiger partial charge on any atom is -0.365 e. The molecule has 1 N–H and O–H groups in total. The molecule has 0 aliphatic carbocycles. The van der Waals surface area contributed by atoms with E-state index in [4.69, 9.17) is 4.98 Å². The summed E-state index contributed by atoms with van der Waals surface area (Å²) in [5.74, 6) is 0.421. The Labute approximate surface area is 238 Å². The highest BCUT2D eigenvalue weighted by Crippen LogP contribution is 2.35. The van der Waals surface area contributed by atoms with Gasteiger partial charge in [0, 0.05) is 75.9 Å². The summed E-state index contributed by atoms with van der Waals surface area (Å²) in [6.45, 7) is 5.87. The van der Waals surface area contributed by atoms with Crippen LogP contribution in [0, 0.1) is 5.82 Å². The van der Waals surface area contributed by atoms with E-state index in [9.17, 15) is 9.18 Å². The molecule has 1 amide bonds. The number of anilines is 3. The average molecular weight is 559 g/mol. The number of fused-ring (bicyclic) bond motifs is 3. The summed E-state index contributed by atoms with van der Waals surface area (Å²) in [5.41, 5.74) is 3.33. The lowest BCUT2D eigenvalue weighted by molar-refractivity contribution is -0.133.